The Hall–Kier alpha value is -2.23. The van der Waals surface area contributed by atoms with E-state index in [-0.39, 0.29) is 5.91 Å². The van der Waals surface area contributed by atoms with Crippen molar-refractivity contribution < 1.29 is 13.9 Å². The summed E-state index contributed by atoms with van der Waals surface area (Å²) in [6.45, 7) is 5.73. The number of benzene rings is 1. The molecule has 0 spiro atoms. The lowest BCUT2D eigenvalue weighted by Crippen LogP contribution is -2.31. The number of carbonyl (C=O) groups is 1. The predicted octanol–water partition coefficient (Wildman–Crippen LogP) is 4.01. The number of likely N-dealkylation sites (tertiary alicyclic amines) is 1. The van der Waals surface area contributed by atoms with Crippen LogP contribution in [0.5, 0.6) is 5.75 Å². The van der Waals surface area contributed by atoms with E-state index in [1.165, 1.54) is 12.8 Å². The molecule has 1 aliphatic rings. The molecule has 0 bridgehead atoms. The molecule has 1 fully saturated rings. The Balaban J connectivity index is 1.91. The summed E-state index contributed by atoms with van der Waals surface area (Å²) in [6.07, 6.45) is 7.87. The molecule has 4 nitrogen and oxygen atoms in total. The molecule has 0 atom stereocenters. The van der Waals surface area contributed by atoms with E-state index in [0.29, 0.717) is 23.5 Å². The Labute approximate surface area is 130 Å². The monoisotopic (exact) mass is 299 g/mol. The molecule has 1 aromatic carbocycles. The van der Waals surface area contributed by atoms with Gasteiger partial charge in [0.15, 0.2) is 0 Å². The number of ether oxygens (including phenoxy) is 1. The van der Waals surface area contributed by atoms with E-state index in [0.717, 1.165) is 31.3 Å². The number of carbonyl (C=O) groups excluding carboxylic acids is 1. The molecule has 2 heterocycles. The molecule has 0 radical (unpaired) electrons. The van der Waals surface area contributed by atoms with E-state index in [9.17, 15) is 4.79 Å². The molecule has 1 aliphatic heterocycles. The lowest BCUT2D eigenvalue weighted by molar-refractivity contribution is 0.0761. The van der Waals surface area contributed by atoms with Crippen LogP contribution < -0.4 is 4.74 Å². The van der Waals surface area contributed by atoms with Crippen molar-refractivity contribution in [3.63, 3.8) is 0 Å². The van der Waals surface area contributed by atoms with Crippen LogP contribution in [0.25, 0.3) is 11.0 Å². The van der Waals surface area contributed by atoms with Crippen LogP contribution in [0.15, 0.2) is 41.5 Å². The average Bonchev–Trinajstić information content (AvgIpc) is 2.85. The number of hydrogen-bond donors (Lipinski definition) is 0. The molecule has 1 saturated heterocycles. The highest BCUT2D eigenvalue weighted by Crippen LogP contribution is 2.29. The van der Waals surface area contributed by atoms with Crippen LogP contribution in [0.4, 0.5) is 0 Å². The highest BCUT2D eigenvalue weighted by molar-refractivity contribution is 5.99. The first-order valence-corrected chi connectivity index (χ1v) is 7.84. The third-order valence-electron chi connectivity index (χ3n) is 4.03. The van der Waals surface area contributed by atoms with Crippen molar-refractivity contribution in [2.45, 2.75) is 25.7 Å². The molecule has 2 aromatic rings. The van der Waals surface area contributed by atoms with Gasteiger partial charge in [-0.05, 0) is 31.0 Å². The summed E-state index contributed by atoms with van der Waals surface area (Å²) in [6, 6.07) is 5.48. The first kappa shape index (κ1) is 14.7. The Morgan fingerprint density at radius 3 is 2.77 bits per heavy atom. The minimum absolute atomic E-state index is 0.0589. The zero-order chi connectivity index (χ0) is 15.4. The van der Waals surface area contributed by atoms with Crippen molar-refractivity contribution in [3.8, 4) is 5.75 Å². The maximum Gasteiger partial charge on any atom is 0.254 e. The first-order chi connectivity index (χ1) is 10.8. The van der Waals surface area contributed by atoms with Gasteiger partial charge in [-0.15, -0.1) is 0 Å². The van der Waals surface area contributed by atoms with Crippen LogP contribution in [0.1, 0.15) is 36.0 Å². The van der Waals surface area contributed by atoms with Gasteiger partial charge in [-0.2, -0.15) is 0 Å². The zero-order valence-corrected chi connectivity index (χ0v) is 12.7. The summed E-state index contributed by atoms with van der Waals surface area (Å²) < 4.78 is 11.1. The van der Waals surface area contributed by atoms with E-state index >= 15 is 0 Å². The van der Waals surface area contributed by atoms with E-state index < -0.39 is 0 Å². The third-order valence-corrected chi connectivity index (χ3v) is 4.03. The van der Waals surface area contributed by atoms with Crippen molar-refractivity contribution >= 4 is 16.9 Å². The van der Waals surface area contributed by atoms with E-state index in [1.54, 1.807) is 12.3 Å². The maximum atomic E-state index is 12.8. The van der Waals surface area contributed by atoms with Gasteiger partial charge in [0.25, 0.3) is 5.91 Å². The fourth-order valence-corrected chi connectivity index (χ4v) is 2.89. The summed E-state index contributed by atoms with van der Waals surface area (Å²) in [5, 5.41) is 0.884. The standard InChI is InChI=1S/C18H21NO3/c1-2-10-21-16-12-14(13-17-15(16)7-11-22-17)18(20)19-8-5-3-4-6-9-19/h2,7,11-13H,1,3-6,8-10H2. The van der Waals surface area contributed by atoms with Gasteiger partial charge in [-0.1, -0.05) is 25.5 Å². The predicted molar refractivity (Wildman–Crippen MR) is 86.3 cm³/mol. The quantitative estimate of drug-likeness (QED) is 0.801. The molecule has 0 N–H and O–H groups in total. The highest BCUT2D eigenvalue weighted by Gasteiger charge is 2.19. The summed E-state index contributed by atoms with van der Waals surface area (Å²) in [5.41, 5.74) is 1.31. The number of furan rings is 1. The highest BCUT2D eigenvalue weighted by atomic mass is 16.5. The smallest absolute Gasteiger partial charge is 0.254 e. The molecule has 1 aromatic heterocycles. The molecule has 3 rings (SSSR count). The van der Waals surface area contributed by atoms with E-state index in [1.807, 2.05) is 23.1 Å². The second-order valence-electron chi connectivity index (χ2n) is 5.61. The van der Waals surface area contributed by atoms with Crippen LogP contribution in [0.3, 0.4) is 0 Å². The lowest BCUT2D eigenvalue weighted by Gasteiger charge is -2.20. The molecule has 0 aliphatic carbocycles. The molecule has 116 valence electrons. The van der Waals surface area contributed by atoms with Gasteiger partial charge in [0.1, 0.15) is 17.9 Å². The molecular formula is C18H21NO3. The van der Waals surface area contributed by atoms with Crippen molar-refractivity contribution in [1.29, 1.82) is 0 Å². The van der Waals surface area contributed by atoms with Gasteiger partial charge in [0.2, 0.25) is 0 Å². The van der Waals surface area contributed by atoms with Crippen LogP contribution in [0.2, 0.25) is 0 Å². The zero-order valence-electron chi connectivity index (χ0n) is 12.7. The topological polar surface area (TPSA) is 42.7 Å². The second-order valence-corrected chi connectivity index (χ2v) is 5.61. The van der Waals surface area contributed by atoms with Crippen LogP contribution >= 0.6 is 0 Å². The summed E-state index contributed by atoms with van der Waals surface area (Å²) in [7, 11) is 0. The number of hydrogen-bond acceptors (Lipinski definition) is 3. The minimum atomic E-state index is 0.0589. The minimum Gasteiger partial charge on any atom is -0.489 e. The van der Waals surface area contributed by atoms with Crippen molar-refractivity contribution in [2.24, 2.45) is 0 Å². The number of nitrogens with zero attached hydrogens (tertiary/aromatic N) is 1. The molecule has 22 heavy (non-hydrogen) atoms. The Morgan fingerprint density at radius 1 is 1.27 bits per heavy atom. The maximum absolute atomic E-state index is 12.8. The summed E-state index contributed by atoms with van der Waals surface area (Å²) in [5.74, 6) is 0.730. The number of fused-ring (bicyclic) bond motifs is 1. The molecule has 1 amide bonds. The van der Waals surface area contributed by atoms with Crippen LogP contribution in [-0.4, -0.2) is 30.5 Å². The molecule has 4 heteroatoms. The van der Waals surface area contributed by atoms with E-state index in [2.05, 4.69) is 6.58 Å². The summed E-state index contributed by atoms with van der Waals surface area (Å²) >= 11 is 0. The van der Waals surface area contributed by atoms with Crippen molar-refractivity contribution in [3.05, 3.63) is 42.7 Å². The number of amides is 1. The Morgan fingerprint density at radius 2 is 2.05 bits per heavy atom. The molecule has 0 unspecified atom stereocenters. The average molecular weight is 299 g/mol. The fraction of sp³-hybridized carbons (Fsp3) is 0.389. The van der Waals surface area contributed by atoms with Gasteiger partial charge in [0, 0.05) is 18.7 Å². The van der Waals surface area contributed by atoms with E-state index in [4.69, 9.17) is 9.15 Å². The van der Waals surface area contributed by atoms with Crippen LogP contribution in [0, 0.1) is 0 Å². The normalized spacial score (nSPS) is 15.5. The van der Waals surface area contributed by atoms with Gasteiger partial charge < -0.3 is 14.1 Å². The lowest BCUT2D eigenvalue weighted by atomic mass is 10.1. The SMILES string of the molecule is C=CCOc1cc(C(=O)N2CCCCCC2)cc2occc12. The van der Waals surface area contributed by atoms with Crippen molar-refractivity contribution in [1.82, 2.24) is 4.90 Å². The molecule has 0 saturated carbocycles. The Bertz CT molecular complexity index is 666. The van der Waals surface area contributed by atoms with Crippen molar-refractivity contribution in [2.75, 3.05) is 19.7 Å². The van der Waals surface area contributed by atoms with Gasteiger partial charge in [0.05, 0.1) is 11.6 Å². The fourth-order valence-electron chi connectivity index (χ4n) is 2.89. The first-order valence-electron chi connectivity index (χ1n) is 7.84. The molecular weight excluding hydrogens is 278 g/mol. The second kappa shape index (κ2) is 6.69. The summed E-state index contributed by atoms with van der Waals surface area (Å²) in [4.78, 5) is 14.7. The van der Waals surface area contributed by atoms with Crippen LogP contribution in [-0.2, 0) is 0 Å². The van der Waals surface area contributed by atoms with Gasteiger partial charge in [-0.3, -0.25) is 4.79 Å². The largest absolute Gasteiger partial charge is 0.489 e. The van der Waals surface area contributed by atoms with Gasteiger partial charge >= 0.3 is 0 Å². The number of rotatable bonds is 4. The third kappa shape index (κ3) is 3.01. The Kier molecular flexibility index (Phi) is 4.47. The van der Waals surface area contributed by atoms with Gasteiger partial charge in [-0.25, -0.2) is 0 Å².